The molecule has 0 radical (unpaired) electrons. The minimum atomic E-state index is 0.203. The molecule has 0 saturated carbocycles. The molecular formula is C12H15BrN2OS. The molecule has 0 saturated heterocycles. The van der Waals surface area contributed by atoms with Crippen molar-refractivity contribution < 1.29 is 4.42 Å². The van der Waals surface area contributed by atoms with Crippen molar-refractivity contribution in [3.05, 3.63) is 45.0 Å². The van der Waals surface area contributed by atoms with Crippen LogP contribution in [-0.4, -0.2) is 18.5 Å². The molecule has 0 amide bonds. The quantitative estimate of drug-likeness (QED) is 0.921. The van der Waals surface area contributed by atoms with E-state index in [4.69, 9.17) is 10.2 Å². The Bertz CT molecular complexity index is 455. The van der Waals surface area contributed by atoms with Crippen molar-refractivity contribution in [1.29, 1.82) is 0 Å². The number of nitrogens with two attached hydrogens (primary N) is 1. The Kier molecular flexibility index (Phi) is 4.39. The van der Waals surface area contributed by atoms with E-state index in [0.29, 0.717) is 6.54 Å². The third kappa shape index (κ3) is 3.19. The summed E-state index contributed by atoms with van der Waals surface area (Å²) in [5.74, 6) is 0. The number of rotatable bonds is 5. The minimum Gasteiger partial charge on any atom is -0.472 e. The van der Waals surface area contributed by atoms with E-state index in [9.17, 15) is 0 Å². The normalized spacial score (nSPS) is 13.2. The standard InChI is InChI=1S/C12H15BrN2OS/c1-15(6-11-4-10(13)8-17-11)12(5-14)9-2-3-16-7-9/h2-4,7-8,12H,5-6,14H2,1H3. The van der Waals surface area contributed by atoms with E-state index in [-0.39, 0.29) is 6.04 Å². The first-order valence-electron chi connectivity index (χ1n) is 5.36. The molecule has 0 aromatic carbocycles. The van der Waals surface area contributed by atoms with Crippen LogP contribution in [0, 0.1) is 0 Å². The highest BCUT2D eigenvalue weighted by atomic mass is 79.9. The smallest absolute Gasteiger partial charge is 0.0950 e. The molecule has 17 heavy (non-hydrogen) atoms. The van der Waals surface area contributed by atoms with Gasteiger partial charge < -0.3 is 10.2 Å². The van der Waals surface area contributed by atoms with E-state index < -0.39 is 0 Å². The summed E-state index contributed by atoms with van der Waals surface area (Å²) in [4.78, 5) is 3.56. The molecule has 0 spiro atoms. The zero-order chi connectivity index (χ0) is 12.3. The fourth-order valence-electron chi connectivity index (χ4n) is 1.83. The zero-order valence-electron chi connectivity index (χ0n) is 9.60. The van der Waals surface area contributed by atoms with Crippen LogP contribution in [0.25, 0.3) is 0 Å². The Morgan fingerprint density at radius 3 is 2.94 bits per heavy atom. The lowest BCUT2D eigenvalue weighted by Gasteiger charge is -2.25. The van der Waals surface area contributed by atoms with Crippen molar-refractivity contribution >= 4 is 27.3 Å². The summed E-state index contributed by atoms with van der Waals surface area (Å²) in [5, 5.41) is 2.10. The van der Waals surface area contributed by atoms with E-state index in [1.165, 1.54) is 4.88 Å². The summed E-state index contributed by atoms with van der Waals surface area (Å²) in [5.41, 5.74) is 6.96. The van der Waals surface area contributed by atoms with Gasteiger partial charge in [0.2, 0.25) is 0 Å². The first-order chi connectivity index (χ1) is 8.20. The van der Waals surface area contributed by atoms with Gasteiger partial charge in [-0.05, 0) is 35.1 Å². The van der Waals surface area contributed by atoms with E-state index in [1.807, 2.05) is 6.07 Å². The fourth-order valence-corrected chi connectivity index (χ4v) is 3.34. The van der Waals surface area contributed by atoms with Gasteiger partial charge in [-0.2, -0.15) is 0 Å². The molecule has 1 unspecified atom stereocenters. The van der Waals surface area contributed by atoms with Gasteiger partial charge in [-0.1, -0.05) is 0 Å². The summed E-state index contributed by atoms with van der Waals surface area (Å²) in [7, 11) is 2.08. The molecule has 2 N–H and O–H groups in total. The highest BCUT2D eigenvalue weighted by Crippen LogP contribution is 2.25. The number of halogens is 1. The maximum Gasteiger partial charge on any atom is 0.0950 e. The topological polar surface area (TPSA) is 42.4 Å². The molecule has 0 aliphatic heterocycles. The second kappa shape index (κ2) is 5.82. The Labute approximate surface area is 113 Å². The molecule has 0 aliphatic carbocycles. The monoisotopic (exact) mass is 314 g/mol. The van der Waals surface area contributed by atoms with Gasteiger partial charge in [0.25, 0.3) is 0 Å². The minimum absolute atomic E-state index is 0.203. The maximum atomic E-state index is 5.83. The second-order valence-electron chi connectivity index (χ2n) is 3.95. The molecule has 0 fully saturated rings. The lowest BCUT2D eigenvalue weighted by molar-refractivity contribution is 0.243. The molecule has 0 aliphatic rings. The first kappa shape index (κ1) is 12.8. The third-order valence-corrected chi connectivity index (χ3v) is 4.39. The lowest BCUT2D eigenvalue weighted by atomic mass is 10.1. The van der Waals surface area contributed by atoms with Gasteiger partial charge in [-0.3, -0.25) is 4.90 Å². The van der Waals surface area contributed by atoms with Crippen molar-refractivity contribution in [2.45, 2.75) is 12.6 Å². The highest BCUT2D eigenvalue weighted by Gasteiger charge is 2.17. The lowest BCUT2D eigenvalue weighted by Crippen LogP contribution is -2.29. The largest absolute Gasteiger partial charge is 0.472 e. The van der Waals surface area contributed by atoms with Crippen molar-refractivity contribution in [3.8, 4) is 0 Å². The molecule has 2 rings (SSSR count). The summed E-state index contributed by atoms with van der Waals surface area (Å²) in [6.07, 6.45) is 3.45. The number of nitrogens with zero attached hydrogens (tertiary/aromatic N) is 1. The van der Waals surface area contributed by atoms with Crippen molar-refractivity contribution in [2.24, 2.45) is 5.73 Å². The van der Waals surface area contributed by atoms with Crippen LogP contribution < -0.4 is 5.73 Å². The molecule has 2 aromatic heterocycles. The van der Waals surface area contributed by atoms with Crippen LogP contribution in [0.3, 0.4) is 0 Å². The van der Waals surface area contributed by atoms with Crippen LogP contribution in [0.2, 0.25) is 0 Å². The van der Waals surface area contributed by atoms with Gasteiger partial charge in [-0.15, -0.1) is 11.3 Å². The van der Waals surface area contributed by atoms with E-state index in [0.717, 1.165) is 16.6 Å². The maximum absolute atomic E-state index is 5.83. The molecule has 2 aromatic rings. The van der Waals surface area contributed by atoms with E-state index in [2.05, 4.69) is 39.3 Å². The number of hydrogen-bond acceptors (Lipinski definition) is 4. The highest BCUT2D eigenvalue weighted by molar-refractivity contribution is 9.10. The Hall–Kier alpha value is -0.620. The predicted octanol–water partition coefficient (Wildman–Crippen LogP) is 3.24. The molecule has 3 nitrogen and oxygen atoms in total. The molecule has 92 valence electrons. The van der Waals surface area contributed by atoms with Crippen LogP contribution in [0.1, 0.15) is 16.5 Å². The zero-order valence-corrected chi connectivity index (χ0v) is 12.0. The van der Waals surface area contributed by atoms with E-state index in [1.54, 1.807) is 23.9 Å². The van der Waals surface area contributed by atoms with Crippen molar-refractivity contribution in [2.75, 3.05) is 13.6 Å². The van der Waals surface area contributed by atoms with E-state index >= 15 is 0 Å². The second-order valence-corrected chi connectivity index (χ2v) is 5.87. The first-order valence-corrected chi connectivity index (χ1v) is 7.03. The van der Waals surface area contributed by atoms with Crippen LogP contribution in [0.15, 0.2) is 38.9 Å². The fraction of sp³-hybridized carbons (Fsp3) is 0.333. The van der Waals surface area contributed by atoms with Crippen molar-refractivity contribution in [1.82, 2.24) is 4.90 Å². The summed E-state index contributed by atoms with van der Waals surface area (Å²) >= 11 is 5.22. The van der Waals surface area contributed by atoms with Crippen molar-refractivity contribution in [3.63, 3.8) is 0 Å². The van der Waals surface area contributed by atoms with Gasteiger partial charge in [0.05, 0.1) is 18.6 Å². The Balaban J connectivity index is 2.05. The van der Waals surface area contributed by atoms with Crippen LogP contribution >= 0.6 is 27.3 Å². The average Bonchev–Trinajstić information content (AvgIpc) is 2.92. The molecule has 2 heterocycles. The number of likely N-dealkylation sites (N-methyl/N-ethyl adjacent to an activating group) is 1. The van der Waals surface area contributed by atoms with Gasteiger partial charge in [0, 0.05) is 33.4 Å². The van der Waals surface area contributed by atoms with Gasteiger partial charge in [0.15, 0.2) is 0 Å². The van der Waals surface area contributed by atoms with Gasteiger partial charge in [-0.25, -0.2) is 0 Å². The van der Waals surface area contributed by atoms with Gasteiger partial charge >= 0.3 is 0 Å². The molecule has 1 atom stereocenters. The number of thiophene rings is 1. The molecule has 0 bridgehead atoms. The predicted molar refractivity (Wildman–Crippen MR) is 74.0 cm³/mol. The van der Waals surface area contributed by atoms with Crippen LogP contribution in [0.4, 0.5) is 0 Å². The Morgan fingerprint density at radius 2 is 2.41 bits per heavy atom. The van der Waals surface area contributed by atoms with Gasteiger partial charge in [0.1, 0.15) is 0 Å². The summed E-state index contributed by atoms with van der Waals surface area (Å²) in [6, 6.07) is 4.32. The Morgan fingerprint density at radius 1 is 1.59 bits per heavy atom. The number of hydrogen-bond donors (Lipinski definition) is 1. The van der Waals surface area contributed by atoms with Crippen LogP contribution in [0.5, 0.6) is 0 Å². The average molecular weight is 315 g/mol. The molecule has 5 heteroatoms. The van der Waals surface area contributed by atoms with Crippen LogP contribution in [-0.2, 0) is 6.54 Å². The third-order valence-electron chi connectivity index (χ3n) is 2.71. The summed E-state index contributed by atoms with van der Waals surface area (Å²) in [6.45, 7) is 1.48. The number of furan rings is 1. The molecular weight excluding hydrogens is 300 g/mol. The summed E-state index contributed by atoms with van der Waals surface area (Å²) < 4.78 is 6.25. The SMILES string of the molecule is CN(Cc1cc(Br)cs1)C(CN)c1ccoc1.